The second-order valence-electron chi connectivity index (χ2n) is 4.17. The molecule has 1 aromatic heterocycles. The number of aromatic carboxylic acids is 1. The van der Waals surface area contributed by atoms with Crippen molar-refractivity contribution in [3.63, 3.8) is 0 Å². The zero-order chi connectivity index (χ0) is 14.9. The van der Waals surface area contributed by atoms with Gasteiger partial charge in [-0.2, -0.15) is 0 Å². The van der Waals surface area contributed by atoms with Crippen molar-refractivity contribution in [3.8, 4) is 0 Å². The predicted octanol–water partition coefficient (Wildman–Crippen LogP) is 2.16. The van der Waals surface area contributed by atoms with Crippen molar-refractivity contribution in [3.05, 3.63) is 28.5 Å². The zero-order valence-electron chi connectivity index (χ0n) is 11.1. The number of hydrogen-bond donors (Lipinski definition) is 2. The fourth-order valence-electron chi connectivity index (χ4n) is 2.06. The molecular weight excluding hydrogens is 282 g/mol. The number of aromatic nitrogens is 2. The summed E-state index contributed by atoms with van der Waals surface area (Å²) in [6.45, 7) is 4.56. The van der Waals surface area contributed by atoms with Gasteiger partial charge in [0, 0.05) is 13.1 Å². The second kappa shape index (κ2) is 5.50. The normalized spacial score (nSPS) is 10.8. The number of amides is 1. The molecule has 0 aliphatic carbocycles. The van der Waals surface area contributed by atoms with Gasteiger partial charge >= 0.3 is 5.97 Å². The molecule has 2 N–H and O–H groups in total. The van der Waals surface area contributed by atoms with Crippen LogP contribution in [-0.2, 0) is 6.54 Å². The molecule has 7 heteroatoms. The summed E-state index contributed by atoms with van der Waals surface area (Å²) in [6, 6.07) is 3.09. The molecular formula is C13H14ClN3O3. The molecule has 6 nitrogen and oxygen atoms in total. The summed E-state index contributed by atoms with van der Waals surface area (Å²) in [5.74, 6) is -1.48. The Morgan fingerprint density at radius 1 is 1.40 bits per heavy atom. The summed E-state index contributed by atoms with van der Waals surface area (Å²) in [6.07, 6.45) is 0. The van der Waals surface area contributed by atoms with Crippen molar-refractivity contribution in [1.82, 2.24) is 14.9 Å². The number of aryl methyl sites for hydroxylation is 1. The molecule has 0 aliphatic heterocycles. The molecule has 2 aromatic rings. The van der Waals surface area contributed by atoms with E-state index in [0.717, 1.165) is 0 Å². The lowest BCUT2D eigenvalue weighted by Gasteiger charge is -2.06. The quantitative estimate of drug-likeness (QED) is 0.905. The molecule has 0 unspecified atom stereocenters. The first-order valence-corrected chi connectivity index (χ1v) is 6.58. The van der Waals surface area contributed by atoms with Gasteiger partial charge in [-0.05, 0) is 26.0 Å². The highest BCUT2D eigenvalue weighted by Crippen LogP contribution is 2.25. The minimum absolute atomic E-state index is 0.0633. The van der Waals surface area contributed by atoms with Crippen LogP contribution in [0.25, 0.3) is 11.0 Å². The molecule has 1 amide bonds. The van der Waals surface area contributed by atoms with Crippen molar-refractivity contribution in [1.29, 1.82) is 0 Å². The van der Waals surface area contributed by atoms with Crippen molar-refractivity contribution in [2.45, 2.75) is 20.4 Å². The zero-order valence-corrected chi connectivity index (χ0v) is 11.9. The molecule has 20 heavy (non-hydrogen) atoms. The maximum Gasteiger partial charge on any atom is 0.372 e. The Labute approximate surface area is 120 Å². The Morgan fingerprint density at radius 2 is 2.10 bits per heavy atom. The SMILES string of the molecule is CCNC(=O)c1cc2nc(C(=O)O)n(CC)c2cc1Cl. The topological polar surface area (TPSA) is 84.2 Å². The van der Waals surface area contributed by atoms with Crippen LogP contribution in [-0.4, -0.2) is 33.1 Å². The average molecular weight is 296 g/mol. The van der Waals surface area contributed by atoms with E-state index in [1.807, 2.05) is 6.92 Å². The van der Waals surface area contributed by atoms with E-state index in [9.17, 15) is 9.59 Å². The molecule has 2 rings (SSSR count). The largest absolute Gasteiger partial charge is 0.475 e. The van der Waals surface area contributed by atoms with Gasteiger partial charge in [-0.3, -0.25) is 4.79 Å². The van der Waals surface area contributed by atoms with E-state index in [2.05, 4.69) is 10.3 Å². The monoisotopic (exact) mass is 295 g/mol. The summed E-state index contributed by atoms with van der Waals surface area (Å²) in [5, 5.41) is 12.1. The number of nitrogens with one attached hydrogen (secondary N) is 1. The fourth-order valence-corrected chi connectivity index (χ4v) is 2.30. The van der Waals surface area contributed by atoms with Crippen molar-refractivity contribution < 1.29 is 14.7 Å². The number of nitrogens with zero attached hydrogens (tertiary/aromatic N) is 2. The molecule has 0 aliphatic rings. The molecule has 1 heterocycles. The highest BCUT2D eigenvalue weighted by Gasteiger charge is 2.19. The number of carbonyl (C=O) groups excluding carboxylic acids is 1. The van der Waals surface area contributed by atoms with E-state index in [4.69, 9.17) is 16.7 Å². The lowest BCUT2D eigenvalue weighted by molar-refractivity contribution is 0.0678. The van der Waals surface area contributed by atoms with Crippen LogP contribution in [0.1, 0.15) is 34.8 Å². The van der Waals surface area contributed by atoms with Crippen LogP contribution in [0.5, 0.6) is 0 Å². The number of carbonyl (C=O) groups is 2. The third-order valence-electron chi connectivity index (χ3n) is 2.93. The Bertz CT molecular complexity index is 694. The first kappa shape index (κ1) is 14.3. The average Bonchev–Trinajstić information content (AvgIpc) is 2.75. The van der Waals surface area contributed by atoms with Crippen LogP contribution in [0.15, 0.2) is 12.1 Å². The van der Waals surface area contributed by atoms with E-state index in [1.54, 1.807) is 17.6 Å². The van der Waals surface area contributed by atoms with Gasteiger partial charge in [0.1, 0.15) is 0 Å². The van der Waals surface area contributed by atoms with Gasteiger partial charge in [-0.15, -0.1) is 0 Å². The summed E-state index contributed by atoms with van der Waals surface area (Å²) < 4.78 is 1.55. The van der Waals surface area contributed by atoms with Crippen molar-refractivity contribution in [2.75, 3.05) is 6.54 Å². The Hall–Kier alpha value is -2.08. The Morgan fingerprint density at radius 3 is 2.65 bits per heavy atom. The summed E-state index contributed by atoms with van der Waals surface area (Å²) in [5.41, 5.74) is 1.33. The number of carboxylic acids is 1. The highest BCUT2D eigenvalue weighted by atomic mass is 35.5. The number of benzene rings is 1. The molecule has 106 valence electrons. The van der Waals surface area contributed by atoms with Crippen LogP contribution in [0.4, 0.5) is 0 Å². The third-order valence-corrected chi connectivity index (χ3v) is 3.24. The van der Waals surface area contributed by atoms with Crippen LogP contribution in [0.2, 0.25) is 5.02 Å². The lowest BCUT2D eigenvalue weighted by Crippen LogP contribution is -2.22. The van der Waals surface area contributed by atoms with E-state index in [-0.39, 0.29) is 16.8 Å². The molecule has 0 saturated heterocycles. The van der Waals surface area contributed by atoms with Gasteiger partial charge in [-0.1, -0.05) is 11.6 Å². The van der Waals surface area contributed by atoms with Gasteiger partial charge in [0.25, 0.3) is 5.91 Å². The molecule has 1 aromatic carbocycles. The van der Waals surface area contributed by atoms with Crippen LogP contribution in [0.3, 0.4) is 0 Å². The number of imidazole rings is 1. The van der Waals surface area contributed by atoms with Gasteiger partial charge in [0.15, 0.2) is 0 Å². The summed E-state index contributed by atoms with van der Waals surface area (Å²) in [4.78, 5) is 27.1. The van der Waals surface area contributed by atoms with E-state index in [1.165, 1.54) is 6.07 Å². The lowest BCUT2D eigenvalue weighted by atomic mass is 10.2. The Kier molecular flexibility index (Phi) is 3.94. The third kappa shape index (κ3) is 2.34. The fraction of sp³-hybridized carbons (Fsp3) is 0.308. The number of rotatable bonds is 4. The number of carboxylic acid groups (broad SMARTS) is 1. The first-order valence-electron chi connectivity index (χ1n) is 6.20. The standard InChI is InChI=1S/C13H14ClN3O3/c1-3-15-12(18)7-5-9-10(6-8(7)14)17(4-2)11(16-9)13(19)20/h5-6H,3-4H2,1-2H3,(H,15,18)(H,19,20). The molecule has 0 atom stereocenters. The molecule has 0 radical (unpaired) electrons. The predicted molar refractivity (Wildman–Crippen MR) is 75.4 cm³/mol. The smallest absolute Gasteiger partial charge is 0.372 e. The van der Waals surface area contributed by atoms with E-state index >= 15 is 0 Å². The molecule has 0 saturated carbocycles. The van der Waals surface area contributed by atoms with Crippen LogP contribution in [0, 0.1) is 0 Å². The first-order chi connectivity index (χ1) is 9.49. The van der Waals surface area contributed by atoms with E-state index < -0.39 is 5.97 Å². The minimum Gasteiger partial charge on any atom is -0.475 e. The summed E-state index contributed by atoms with van der Waals surface area (Å²) in [7, 11) is 0. The second-order valence-corrected chi connectivity index (χ2v) is 4.57. The van der Waals surface area contributed by atoms with Gasteiger partial charge in [0.05, 0.1) is 21.6 Å². The van der Waals surface area contributed by atoms with Crippen molar-refractivity contribution >= 4 is 34.5 Å². The molecule has 0 fully saturated rings. The van der Waals surface area contributed by atoms with Gasteiger partial charge in [0.2, 0.25) is 5.82 Å². The number of fused-ring (bicyclic) bond motifs is 1. The van der Waals surface area contributed by atoms with Gasteiger partial charge < -0.3 is 15.0 Å². The maximum atomic E-state index is 11.9. The van der Waals surface area contributed by atoms with Crippen LogP contribution >= 0.6 is 11.6 Å². The molecule has 0 spiro atoms. The van der Waals surface area contributed by atoms with E-state index in [0.29, 0.717) is 29.7 Å². The Balaban J connectivity index is 2.66. The minimum atomic E-state index is -1.11. The number of halogens is 1. The van der Waals surface area contributed by atoms with Crippen LogP contribution < -0.4 is 5.32 Å². The van der Waals surface area contributed by atoms with Gasteiger partial charge in [-0.25, -0.2) is 9.78 Å². The summed E-state index contributed by atoms with van der Waals surface area (Å²) >= 11 is 6.10. The maximum absolute atomic E-state index is 11.9. The van der Waals surface area contributed by atoms with Crippen molar-refractivity contribution in [2.24, 2.45) is 0 Å². The number of hydrogen-bond acceptors (Lipinski definition) is 3. The highest BCUT2D eigenvalue weighted by molar-refractivity contribution is 6.34. The molecule has 0 bridgehead atoms.